The standard InChI is InChI=1S/C70H126O6/c1-4-7-10-13-16-19-22-25-28-31-33-34-35-36-37-40-42-45-48-51-54-57-60-63-69(72)75-66-67(65-74-68(71)62-59-56-53-50-47-44-41-38-30-27-24-21-18-15-12-9-6-3)76-70(73)64-61-58-55-52-49-46-43-39-32-29-26-23-20-17-14-11-8-5-2/h7,10,16,19,25,27-28,30,33-34,67H,4-6,8-9,11-15,17-18,20-24,26,29,31-32,35-66H2,1-3H3/b10-7-,19-16-,28-25-,30-27-,34-33-. The molecular formula is C70H126O6. The number of hydrogen-bond donors (Lipinski definition) is 0. The van der Waals surface area contributed by atoms with E-state index < -0.39 is 6.10 Å². The number of allylic oxidation sites excluding steroid dienone is 10. The lowest BCUT2D eigenvalue weighted by Gasteiger charge is -2.18. The molecule has 1 unspecified atom stereocenters. The summed E-state index contributed by atoms with van der Waals surface area (Å²) in [7, 11) is 0. The first-order valence-electron chi connectivity index (χ1n) is 33.3. The lowest BCUT2D eigenvalue weighted by atomic mass is 10.0. The number of rotatable bonds is 61. The smallest absolute Gasteiger partial charge is 0.306 e. The van der Waals surface area contributed by atoms with Crippen molar-refractivity contribution >= 4 is 17.9 Å². The zero-order chi connectivity index (χ0) is 55.0. The Morgan fingerprint density at radius 3 is 0.816 bits per heavy atom. The number of hydrogen-bond acceptors (Lipinski definition) is 6. The molecule has 0 amide bonds. The summed E-state index contributed by atoms with van der Waals surface area (Å²) in [5.41, 5.74) is 0. The fraction of sp³-hybridized carbons (Fsp3) is 0.814. The molecule has 6 heteroatoms. The highest BCUT2D eigenvalue weighted by Gasteiger charge is 2.19. The van der Waals surface area contributed by atoms with Gasteiger partial charge in [0.15, 0.2) is 6.10 Å². The van der Waals surface area contributed by atoms with Crippen LogP contribution in [0.2, 0.25) is 0 Å². The van der Waals surface area contributed by atoms with Crippen molar-refractivity contribution in [1.29, 1.82) is 0 Å². The lowest BCUT2D eigenvalue weighted by molar-refractivity contribution is -0.167. The van der Waals surface area contributed by atoms with E-state index in [2.05, 4.69) is 81.5 Å². The molecule has 0 aromatic carbocycles. The Kier molecular flexibility index (Phi) is 62.2. The van der Waals surface area contributed by atoms with Gasteiger partial charge in [0.2, 0.25) is 0 Å². The van der Waals surface area contributed by atoms with Gasteiger partial charge in [-0.1, -0.05) is 306 Å². The predicted molar refractivity (Wildman–Crippen MR) is 330 cm³/mol. The van der Waals surface area contributed by atoms with Gasteiger partial charge in [-0.25, -0.2) is 0 Å². The zero-order valence-corrected chi connectivity index (χ0v) is 50.8. The molecule has 6 nitrogen and oxygen atoms in total. The number of carbonyl (C=O) groups is 3. The lowest BCUT2D eigenvalue weighted by Crippen LogP contribution is -2.30. The molecule has 0 aliphatic rings. The Morgan fingerprint density at radius 2 is 0.513 bits per heavy atom. The predicted octanol–water partition coefficient (Wildman–Crippen LogP) is 22.7. The van der Waals surface area contributed by atoms with Crippen molar-refractivity contribution in [1.82, 2.24) is 0 Å². The van der Waals surface area contributed by atoms with Gasteiger partial charge in [-0.3, -0.25) is 14.4 Å². The minimum atomic E-state index is -0.777. The van der Waals surface area contributed by atoms with Gasteiger partial charge in [0.1, 0.15) is 13.2 Å². The Labute approximate surface area is 472 Å². The maximum Gasteiger partial charge on any atom is 0.306 e. The van der Waals surface area contributed by atoms with Crippen LogP contribution in [0.4, 0.5) is 0 Å². The van der Waals surface area contributed by atoms with Crippen LogP contribution in [0.1, 0.15) is 348 Å². The van der Waals surface area contributed by atoms with Gasteiger partial charge >= 0.3 is 17.9 Å². The highest BCUT2D eigenvalue weighted by Crippen LogP contribution is 2.17. The van der Waals surface area contributed by atoms with E-state index in [1.54, 1.807) is 0 Å². The molecule has 0 N–H and O–H groups in total. The van der Waals surface area contributed by atoms with Crippen LogP contribution in [0, 0.1) is 0 Å². The molecule has 0 saturated carbocycles. The van der Waals surface area contributed by atoms with Gasteiger partial charge in [-0.2, -0.15) is 0 Å². The molecule has 442 valence electrons. The minimum absolute atomic E-state index is 0.0737. The molecule has 0 fully saturated rings. The van der Waals surface area contributed by atoms with Crippen LogP contribution >= 0.6 is 0 Å². The maximum absolute atomic E-state index is 12.9. The summed E-state index contributed by atoms with van der Waals surface area (Å²) >= 11 is 0. The van der Waals surface area contributed by atoms with Crippen molar-refractivity contribution in [2.45, 2.75) is 354 Å². The summed E-state index contributed by atoms with van der Waals surface area (Å²) in [5, 5.41) is 0. The molecule has 0 aliphatic carbocycles. The molecule has 0 aromatic rings. The summed E-state index contributed by atoms with van der Waals surface area (Å²) < 4.78 is 17.0. The van der Waals surface area contributed by atoms with Gasteiger partial charge in [0.25, 0.3) is 0 Å². The number of ether oxygens (including phenoxy) is 3. The van der Waals surface area contributed by atoms with Gasteiger partial charge in [-0.05, 0) is 83.5 Å². The first-order valence-corrected chi connectivity index (χ1v) is 33.3. The molecule has 0 saturated heterocycles. The average molecular weight is 1060 g/mol. The number of esters is 3. The van der Waals surface area contributed by atoms with Crippen molar-refractivity contribution in [2.75, 3.05) is 13.2 Å². The zero-order valence-electron chi connectivity index (χ0n) is 50.8. The van der Waals surface area contributed by atoms with Crippen LogP contribution in [0.5, 0.6) is 0 Å². The molecule has 0 heterocycles. The van der Waals surface area contributed by atoms with Gasteiger partial charge in [-0.15, -0.1) is 0 Å². The second-order valence-corrected chi connectivity index (χ2v) is 22.4. The second-order valence-electron chi connectivity index (χ2n) is 22.4. The highest BCUT2D eigenvalue weighted by atomic mass is 16.6. The molecule has 0 aliphatic heterocycles. The van der Waals surface area contributed by atoms with Crippen LogP contribution in [0.15, 0.2) is 60.8 Å². The Hall–Kier alpha value is -2.89. The molecule has 0 radical (unpaired) electrons. The summed E-state index contributed by atoms with van der Waals surface area (Å²) in [6.07, 6.45) is 82.2. The van der Waals surface area contributed by atoms with Gasteiger partial charge in [0.05, 0.1) is 0 Å². The topological polar surface area (TPSA) is 78.9 Å². The van der Waals surface area contributed by atoms with E-state index in [0.717, 1.165) is 83.5 Å². The second kappa shape index (κ2) is 64.6. The van der Waals surface area contributed by atoms with Crippen molar-refractivity contribution < 1.29 is 28.6 Å². The van der Waals surface area contributed by atoms with Crippen LogP contribution in [-0.4, -0.2) is 37.2 Å². The molecule has 0 aromatic heterocycles. The van der Waals surface area contributed by atoms with Crippen molar-refractivity contribution in [3.63, 3.8) is 0 Å². The van der Waals surface area contributed by atoms with Gasteiger partial charge < -0.3 is 14.2 Å². The van der Waals surface area contributed by atoms with Crippen LogP contribution in [0.25, 0.3) is 0 Å². The molecule has 0 bridgehead atoms. The first kappa shape index (κ1) is 73.1. The molecule has 0 spiro atoms. The number of unbranched alkanes of at least 4 members (excludes halogenated alkanes) is 40. The average Bonchev–Trinajstić information content (AvgIpc) is 3.42. The Bertz CT molecular complexity index is 1360. The summed E-state index contributed by atoms with van der Waals surface area (Å²) in [5.74, 6) is -0.859. The van der Waals surface area contributed by atoms with E-state index in [1.807, 2.05) is 0 Å². The molecule has 0 rings (SSSR count). The third-order valence-corrected chi connectivity index (χ3v) is 14.8. The van der Waals surface area contributed by atoms with Crippen molar-refractivity contribution in [3.8, 4) is 0 Å². The van der Waals surface area contributed by atoms with E-state index in [9.17, 15) is 14.4 Å². The molecule has 1 atom stereocenters. The Balaban J connectivity index is 4.33. The van der Waals surface area contributed by atoms with Crippen LogP contribution < -0.4 is 0 Å². The van der Waals surface area contributed by atoms with Crippen molar-refractivity contribution in [3.05, 3.63) is 60.8 Å². The molecular weight excluding hydrogens is 937 g/mol. The summed E-state index contributed by atoms with van der Waals surface area (Å²) in [6, 6.07) is 0. The normalized spacial score (nSPS) is 12.4. The Morgan fingerprint density at radius 1 is 0.276 bits per heavy atom. The fourth-order valence-electron chi connectivity index (χ4n) is 9.79. The summed E-state index contributed by atoms with van der Waals surface area (Å²) in [6.45, 7) is 6.58. The summed E-state index contributed by atoms with van der Waals surface area (Å²) in [4.78, 5) is 38.4. The van der Waals surface area contributed by atoms with E-state index in [1.165, 1.54) is 225 Å². The number of carbonyl (C=O) groups excluding carboxylic acids is 3. The third-order valence-electron chi connectivity index (χ3n) is 14.8. The van der Waals surface area contributed by atoms with Crippen molar-refractivity contribution in [2.24, 2.45) is 0 Å². The van der Waals surface area contributed by atoms with E-state index in [0.29, 0.717) is 19.3 Å². The monoisotopic (exact) mass is 1060 g/mol. The van der Waals surface area contributed by atoms with E-state index >= 15 is 0 Å². The SMILES string of the molecule is CC/C=C\C/C=C\C/C=C\C/C=C\CCCCCCCCCCCCC(=O)OCC(COC(=O)CCCCCCCCC/C=C\CCCCCCCC)OC(=O)CCCCCCCCCCCCCCCCCCCC. The van der Waals surface area contributed by atoms with Crippen LogP contribution in [0.3, 0.4) is 0 Å². The fourth-order valence-corrected chi connectivity index (χ4v) is 9.79. The highest BCUT2D eigenvalue weighted by molar-refractivity contribution is 5.71. The maximum atomic E-state index is 12.9. The van der Waals surface area contributed by atoms with Crippen LogP contribution in [-0.2, 0) is 28.6 Å². The van der Waals surface area contributed by atoms with E-state index in [-0.39, 0.29) is 31.1 Å². The largest absolute Gasteiger partial charge is 0.462 e. The molecule has 76 heavy (non-hydrogen) atoms. The van der Waals surface area contributed by atoms with E-state index in [4.69, 9.17) is 14.2 Å². The third kappa shape index (κ3) is 62.0. The van der Waals surface area contributed by atoms with Gasteiger partial charge in [0, 0.05) is 19.3 Å². The quantitative estimate of drug-likeness (QED) is 0.0261. The minimum Gasteiger partial charge on any atom is -0.462 e. The first-order chi connectivity index (χ1) is 37.5.